The average molecular weight is 343 g/mol. The Balaban J connectivity index is 1.54. The Morgan fingerprint density at radius 1 is 0.880 bits per heavy atom. The van der Waals surface area contributed by atoms with Crippen LogP contribution in [0.2, 0.25) is 0 Å². The van der Waals surface area contributed by atoms with Gasteiger partial charge in [0.25, 0.3) is 5.91 Å². The first-order chi connectivity index (χ1) is 12.1. The zero-order valence-electron chi connectivity index (χ0n) is 14.1. The van der Waals surface area contributed by atoms with Gasteiger partial charge in [-0.15, -0.1) is 0 Å². The predicted molar refractivity (Wildman–Crippen MR) is 92.6 cm³/mol. The SMILES string of the molecule is Cc1ccc(OCCOC(=O)CNC(=O)COc2ccccc2)cc1. The van der Waals surface area contributed by atoms with Crippen molar-refractivity contribution in [2.75, 3.05) is 26.4 Å². The van der Waals surface area contributed by atoms with Crippen molar-refractivity contribution in [1.82, 2.24) is 5.32 Å². The number of hydrogen-bond acceptors (Lipinski definition) is 5. The summed E-state index contributed by atoms with van der Waals surface area (Å²) in [7, 11) is 0. The highest BCUT2D eigenvalue weighted by molar-refractivity contribution is 5.82. The van der Waals surface area contributed by atoms with Crippen LogP contribution in [0.4, 0.5) is 0 Å². The van der Waals surface area contributed by atoms with E-state index < -0.39 is 11.9 Å². The molecule has 132 valence electrons. The predicted octanol–water partition coefficient (Wildman–Crippen LogP) is 2.11. The second kappa shape index (κ2) is 9.97. The number of carbonyl (C=O) groups is 2. The maximum atomic E-state index is 11.6. The number of para-hydroxylation sites is 1. The zero-order chi connectivity index (χ0) is 17.9. The second-order valence-corrected chi connectivity index (χ2v) is 5.26. The number of aryl methyl sites for hydroxylation is 1. The van der Waals surface area contributed by atoms with E-state index in [0.29, 0.717) is 11.5 Å². The van der Waals surface area contributed by atoms with Gasteiger partial charge in [-0.3, -0.25) is 9.59 Å². The average Bonchev–Trinajstić information content (AvgIpc) is 2.64. The quantitative estimate of drug-likeness (QED) is 0.558. The normalized spacial score (nSPS) is 9.96. The summed E-state index contributed by atoms with van der Waals surface area (Å²) in [5.74, 6) is 0.388. The maximum Gasteiger partial charge on any atom is 0.325 e. The molecular weight excluding hydrogens is 322 g/mol. The van der Waals surface area contributed by atoms with Crippen LogP contribution in [0.1, 0.15) is 5.56 Å². The molecule has 0 saturated heterocycles. The Morgan fingerprint density at radius 3 is 2.28 bits per heavy atom. The van der Waals surface area contributed by atoms with Crippen molar-refractivity contribution in [3.8, 4) is 11.5 Å². The molecule has 0 aromatic heterocycles. The first-order valence-electron chi connectivity index (χ1n) is 7.93. The maximum absolute atomic E-state index is 11.6. The van der Waals surface area contributed by atoms with Crippen LogP contribution in [0.3, 0.4) is 0 Å². The summed E-state index contributed by atoms with van der Waals surface area (Å²) in [6.45, 7) is 1.99. The molecule has 0 fully saturated rings. The van der Waals surface area contributed by atoms with Crippen molar-refractivity contribution < 1.29 is 23.8 Å². The largest absolute Gasteiger partial charge is 0.490 e. The van der Waals surface area contributed by atoms with Gasteiger partial charge in [-0.25, -0.2) is 0 Å². The van der Waals surface area contributed by atoms with Crippen molar-refractivity contribution >= 4 is 11.9 Å². The fraction of sp³-hybridized carbons (Fsp3) is 0.263. The Hall–Kier alpha value is -3.02. The highest BCUT2D eigenvalue weighted by atomic mass is 16.6. The van der Waals surface area contributed by atoms with E-state index in [0.717, 1.165) is 5.56 Å². The summed E-state index contributed by atoms with van der Waals surface area (Å²) in [5, 5.41) is 2.44. The molecule has 0 saturated carbocycles. The number of amides is 1. The Labute approximate surface area is 146 Å². The summed E-state index contributed by atoms with van der Waals surface area (Å²) in [4.78, 5) is 23.1. The lowest BCUT2D eigenvalue weighted by atomic mass is 10.2. The van der Waals surface area contributed by atoms with E-state index in [1.165, 1.54) is 0 Å². The molecule has 0 unspecified atom stereocenters. The first kappa shape index (κ1) is 18.3. The minimum absolute atomic E-state index is 0.114. The van der Waals surface area contributed by atoms with Gasteiger partial charge in [0.05, 0.1) is 0 Å². The van der Waals surface area contributed by atoms with Gasteiger partial charge in [-0.1, -0.05) is 35.9 Å². The number of ether oxygens (including phenoxy) is 3. The van der Waals surface area contributed by atoms with Crippen LogP contribution >= 0.6 is 0 Å². The van der Waals surface area contributed by atoms with Crippen LogP contribution < -0.4 is 14.8 Å². The van der Waals surface area contributed by atoms with Gasteiger partial charge >= 0.3 is 5.97 Å². The molecule has 0 radical (unpaired) electrons. The van der Waals surface area contributed by atoms with Gasteiger partial charge in [-0.2, -0.15) is 0 Å². The van der Waals surface area contributed by atoms with E-state index in [1.54, 1.807) is 12.1 Å². The summed E-state index contributed by atoms with van der Waals surface area (Å²) in [5.41, 5.74) is 1.14. The zero-order valence-corrected chi connectivity index (χ0v) is 14.1. The molecule has 0 heterocycles. The molecule has 2 rings (SSSR count). The first-order valence-corrected chi connectivity index (χ1v) is 7.93. The highest BCUT2D eigenvalue weighted by Gasteiger charge is 2.07. The molecule has 6 nitrogen and oxygen atoms in total. The number of rotatable bonds is 9. The van der Waals surface area contributed by atoms with Gasteiger partial charge in [0.15, 0.2) is 6.61 Å². The number of benzene rings is 2. The lowest BCUT2D eigenvalue weighted by molar-refractivity contribution is -0.144. The van der Waals surface area contributed by atoms with Crippen LogP contribution in [-0.2, 0) is 14.3 Å². The van der Waals surface area contributed by atoms with Gasteiger partial charge in [-0.05, 0) is 31.2 Å². The van der Waals surface area contributed by atoms with E-state index in [1.807, 2.05) is 49.4 Å². The fourth-order valence-electron chi connectivity index (χ4n) is 1.89. The van der Waals surface area contributed by atoms with E-state index in [-0.39, 0.29) is 26.4 Å². The van der Waals surface area contributed by atoms with Crippen LogP contribution in [0.25, 0.3) is 0 Å². The topological polar surface area (TPSA) is 73.9 Å². The third kappa shape index (κ3) is 7.39. The van der Waals surface area contributed by atoms with Crippen molar-refractivity contribution in [3.05, 3.63) is 60.2 Å². The van der Waals surface area contributed by atoms with Gasteiger partial charge in [0.1, 0.15) is 31.3 Å². The molecular formula is C19H21NO5. The summed E-state index contributed by atoms with van der Waals surface area (Å²) >= 11 is 0. The molecule has 25 heavy (non-hydrogen) atoms. The molecule has 1 amide bonds. The van der Waals surface area contributed by atoms with Gasteiger partial charge in [0, 0.05) is 0 Å². The van der Waals surface area contributed by atoms with Crippen molar-refractivity contribution in [3.63, 3.8) is 0 Å². The minimum Gasteiger partial charge on any atom is -0.490 e. The van der Waals surface area contributed by atoms with E-state index in [9.17, 15) is 9.59 Å². The Morgan fingerprint density at radius 2 is 1.56 bits per heavy atom. The molecule has 2 aromatic rings. The van der Waals surface area contributed by atoms with Gasteiger partial charge in [0.2, 0.25) is 0 Å². The van der Waals surface area contributed by atoms with E-state index in [4.69, 9.17) is 14.2 Å². The molecule has 2 aromatic carbocycles. The van der Waals surface area contributed by atoms with Crippen LogP contribution in [0.15, 0.2) is 54.6 Å². The van der Waals surface area contributed by atoms with Crippen molar-refractivity contribution in [2.24, 2.45) is 0 Å². The van der Waals surface area contributed by atoms with E-state index >= 15 is 0 Å². The summed E-state index contributed by atoms with van der Waals surface area (Å²) in [6, 6.07) is 16.5. The minimum atomic E-state index is -0.527. The standard InChI is InChI=1S/C19H21NO5/c1-15-7-9-17(10-8-15)23-11-12-24-19(22)13-20-18(21)14-25-16-5-3-2-4-6-16/h2-10H,11-14H2,1H3,(H,20,21). The van der Waals surface area contributed by atoms with E-state index in [2.05, 4.69) is 5.32 Å². The van der Waals surface area contributed by atoms with Crippen molar-refractivity contribution in [1.29, 1.82) is 0 Å². The lowest BCUT2D eigenvalue weighted by Gasteiger charge is -2.09. The highest BCUT2D eigenvalue weighted by Crippen LogP contribution is 2.11. The third-order valence-electron chi connectivity index (χ3n) is 3.18. The molecule has 0 bridgehead atoms. The monoisotopic (exact) mass is 343 g/mol. The fourth-order valence-corrected chi connectivity index (χ4v) is 1.89. The number of esters is 1. The van der Waals surface area contributed by atoms with Crippen LogP contribution in [-0.4, -0.2) is 38.2 Å². The van der Waals surface area contributed by atoms with Crippen LogP contribution in [0, 0.1) is 6.92 Å². The molecule has 0 aliphatic carbocycles. The summed E-state index contributed by atoms with van der Waals surface area (Å²) < 4.78 is 15.7. The smallest absolute Gasteiger partial charge is 0.325 e. The second-order valence-electron chi connectivity index (χ2n) is 5.26. The Kier molecular flexibility index (Phi) is 7.31. The molecule has 0 spiro atoms. The van der Waals surface area contributed by atoms with Crippen molar-refractivity contribution in [2.45, 2.75) is 6.92 Å². The number of hydrogen-bond donors (Lipinski definition) is 1. The Bertz CT molecular complexity index is 670. The van der Waals surface area contributed by atoms with Crippen LogP contribution in [0.5, 0.6) is 11.5 Å². The third-order valence-corrected chi connectivity index (χ3v) is 3.18. The number of nitrogens with one attached hydrogen (secondary N) is 1. The summed E-state index contributed by atoms with van der Waals surface area (Å²) in [6.07, 6.45) is 0. The molecule has 0 aliphatic heterocycles. The lowest BCUT2D eigenvalue weighted by Crippen LogP contribution is -2.34. The molecule has 0 aliphatic rings. The van der Waals surface area contributed by atoms with Gasteiger partial charge < -0.3 is 19.5 Å². The molecule has 0 atom stereocenters. The molecule has 1 N–H and O–H groups in total. The number of carbonyl (C=O) groups excluding carboxylic acids is 2. The molecule has 6 heteroatoms.